The number of aromatic nitrogens is 2. The van der Waals surface area contributed by atoms with Crippen LogP contribution in [-0.4, -0.2) is 20.6 Å². The molecule has 0 amide bonds. The molecular weight excluding hydrogens is 344 g/mol. The summed E-state index contributed by atoms with van der Waals surface area (Å²) in [6.45, 7) is 7.90. The summed E-state index contributed by atoms with van der Waals surface area (Å²) in [7, 11) is 0. The molecule has 0 fully saturated rings. The average Bonchev–Trinajstić information content (AvgIpc) is 2.65. The Morgan fingerprint density at radius 2 is 1.92 bits per heavy atom. The van der Waals surface area contributed by atoms with Crippen molar-refractivity contribution < 1.29 is 4.79 Å². The molecule has 0 saturated heterocycles. The number of carbonyl (C=O) groups is 1. The molecule has 5 heteroatoms. The van der Waals surface area contributed by atoms with E-state index in [2.05, 4.69) is 11.6 Å². The fraction of sp³-hybridized carbons (Fsp3) is 0.190. The number of hydrogen-bond donors (Lipinski definition) is 0. The van der Waals surface area contributed by atoms with Gasteiger partial charge in [0, 0.05) is 12.1 Å². The van der Waals surface area contributed by atoms with Crippen LogP contribution in [0.3, 0.4) is 0 Å². The molecule has 0 radical (unpaired) electrons. The Morgan fingerprint density at radius 3 is 2.62 bits per heavy atom. The lowest BCUT2D eigenvalue weighted by molar-refractivity contribution is 0.0994. The normalized spacial score (nSPS) is 12.1. The standard InChI is InChI=1S/C21H20N2O2S/c1-4-13-23-20(25)17-7-5-6-8-18(17)22-21(23)26-15(3)19(24)16-11-9-14(2)10-12-16/h4-12,15H,1,13H2,2-3H3/t15-/m1/s1. The van der Waals surface area contributed by atoms with Crippen molar-refractivity contribution in [3.05, 3.63) is 82.7 Å². The maximum atomic E-state index is 12.8. The first-order valence-corrected chi connectivity index (χ1v) is 9.27. The summed E-state index contributed by atoms with van der Waals surface area (Å²) in [5.74, 6) is 0.0163. The minimum absolute atomic E-state index is 0.0163. The van der Waals surface area contributed by atoms with Crippen LogP contribution in [0.4, 0.5) is 0 Å². The number of fused-ring (bicyclic) bond motifs is 1. The molecule has 0 aliphatic heterocycles. The van der Waals surface area contributed by atoms with Crippen molar-refractivity contribution in [2.45, 2.75) is 30.8 Å². The summed E-state index contributed by atoms with van der Waals surface area (Å²) in [5.41, 5.74) is 2.29. The maximum Gasteiger partial charge on any atom is 0.262 e. The number of hydrogen-bond acceptors (Lipinski definition) is 4. The average molecular weight is 364 g/mol. The third-order valence-electron chi connectivity index (χ3n) is 4.13. The summed E-state index contributed by atoms with van der Waals surface area (Å²) >= 11 is 1.30. The number of allylic oxidation sites excluding steroid dienone is 1. The molecule has 2 aromatic carbocycles. The Labute approximate surface area is 156 Å². The smallest absolute Gasteiger partial charge is 0.262 e. The highest BCUT2D eigenvalue weighted by Gasteiger charge is 2.20. The summed E-state index contributed by atoms with van der Waals surface area (Å²) in [5, 5.41) is 0.736. The fourth-order valence-electron chi connectivity index (χ4n) is 2.69. The molecule has 3 rings (SSSR count). The molecule has 0 spiro atoms. The molecule has 4 nitrogen and oxygen atoms in total. The van der Waals surface area contributed by atoms with E-state index in [1.54, 1.807) is 16.7 Å². The van der Waals surface area contributed by atoms with Crippen LogP contribution in [0.25, 0.3) is 10.9 Å². The summed E-state index contributed by atoms with van der Waals surface area (Å²) in [6.07, 6.45) is 1.66. The minimum Gasteiger partial charge on any atom is -0.293 e. The van der Waals surface area contributed by atoms with Crippen LogP contribution >= 0.6 is 11.8 Å². The van der Waals surface area contributed by atoms with Crippen LogP contribution in [-0.2, 0) is 6.54 Å². The molecule has 3 aromatic rings. The lowest BCUT2D eigenvalue weighted by Gasteiger charge is -2.15. The van der Waals surface area contributed by atoms with Gasteiger partial charge in [0.25, 0.3) is 5.56 Å². The first-order chi connectivity index (χ1) is 12.5. The van der Waals surface area contributed by atoms with Crippen molar-refractivity contribution in [3.63, 3.8) is 0 Å². The lowest BCUT2D eigenvalue weighted by atomic mass is 10.1. The zero-order valence-electron chi connectivity index (χ0n) is 14.8. The van der Waals surface area contributed by atoms with Crippen molar-refractivity contribution in [3.8, 4) is 0 Å². The first-order valence-electron chi connectivity index (χ1n) is 8.39. The quantitative estimate of drug-likeness (QED) is 0.284. The van der Waals surface area contributed by atoms with Crippen LogP contribution in [0.15, 0.2) is 71.1 Å². The molecular formula is C21H20N2O2S. The van der Waals surface area contributed by atoms with Crippen LogP contribution in [0, 0.1) is 6.92 Å². The third kappa shape index (κ3) is 3.63. The highest BCUT2D eigenvalue weighted by atomic mass is 32.2. The molecule has 1 atom stereocenters. The van der Waals surface area contributed by atoms with Crippen LogP contribution in [0.5, 0.6) is 0 Å². The van der Waals surface area contributed by atoms with E-state index >= 15 is 0 Å². The van der Waals surface area contributed by atoms with Gasteiger partial charge in [-0.3, -0.25) is 14.2 Å². The molecule has 0 saturated carbocycles. The van der Waals surface area contributed by atoms with E-state index in [9.17, 15) is 9.59 Å². The van der Waals surface area contributed by atoms with Gasteiger partial charge in [0.15, 0.2) is 10.9 Å². The topological polar surface area (TPSA) is 52.0 Å². The number of benzene rings is 2. The number of para-hydroxylation sites is 1. The van der Waals surface area contributed by atoms with Gasteiger partial charge in [-0.15, -0.1) is 6.58 Å². The highest BCUT2D eigenvalue weighted by molar-refractivity contribution is 8.00. The number of rotatable bonds is 6. The van der Waals surface area contributed by atoms with Gasteiger partial charge in [-0.05, 0) is 26.0 Å². The van der Waals surface area contributed by atoms with Crippen LogP contribution < -0.4 is 5.56 Å². The zero-order chi connectivity index (χ0) is 18.7. The fourth-order valence-corrected chi connectivity index (χ4v) is 3.69. The monoisotopic (exact) mass is 364 g/mol. The molecule has 0 aliphatic rings. The molecule has 132 valence electrons. The second kappa shape index (κ2) is 7.70. The van der Waals surface area contributed by atoms with Crippen molar-refractivity contribution in [1.82, 2.24) is 9.55 Å². The molecule has 0 unspecified atom stereocenters. The van der Waals surface area contributed by atoms with Gasteiger partial charge < -0.3 is 0 Å². The second-order valence-electron chi connectivity index (χ2n) is 6.11. The second-order valence-corrected chi connectivity index (χ2v) is 7.41. The maximum absolute atomic E-state index is 12.8. The van der Waals surface area contributed by atoms with E-state index in [0.29, 0.717) is 28.2 Å². The zero-order valence-corrected chi connectivity index (χ0v) is 15.6. The van der Waals surface area contributed by atoms with Crippen LogP contribution in [0.1, 0.15) is 22.8 Å². The third-order valence-corrected chi connectivity index (χ3v) is 5.22. The van der Waals surface area contributed by atoms with E-state index < -0.39 is 0 Å². The van der Waals surface area contributed by atoms with E-state index in [4.69, 9.17) is 0 Å². The molecule has 1 heterocycles. The number of ketones is 1. The highest BCUT2D eigenvalue weighted by Crippen LogP contribution is 2.25. The summed E-state index contributed by atoms with van der Waals surface area (Å²) < 4.78 is 1.57. The molecule has 0 bridgehead atoms. The Bertz CT molecular complexity index is 1020. The van der Waals surface area contributed by atoms with Gasteiger partial charge in [-0.2, -0.15) is 0 Å². The SMILES string of the molecule is C=CCn1c(S[C@H](C)C(=O)c2ccc(C)cc2)nc2ccccc2c1=O. The van der Waals surface area contributed by atoms with E-state index in [1.807, 2.05) is 56.3 Å². The Hall–Kier alpha value is -2.66. The Kier molecular flexibility index (Phi) is 5.38. The molecule has 0 aliphatic carbocycles. The van der Waals surface area contributed by atoms with Crippen molar-refractivity contribution in [1.29, 1.82) is 0 Å². The minimum atomic E-state index is -0.359. The van der Waals surface area contributed by atoms with Crippen molar-refractivity contribution in [2.75, 3.05) is 0 Å². The number of Topliss-reactive ketones (excluding diaryl/α,β-unsaturated/α-hetero) is 1. The first kappa shape index (κ1) is 18.1. The number of carbonyl (C=O) groups excluding carboxylic acids is 1. The number of thioether (sulfide) groups is 1. The predicted molar refractivity (Wildman–Crippen MR) is 107 cm³/mol. The van der Waals surface area contributed by atoms with E-state index in [-0.39, 0.29) is 16.6 Å². The van der Waals surface area contributed by atoms with Crippen molar-refractivity contribution >= 4 is 28.4 Å². The van der Waals surface area contributed by atoms with Gasteiger partial charge in [-0.1, -0.05) is 59.8 Å². The molecule has 26 heavy (non-hydrogen) atoms. The molecule has 0 N–H and O–H groups in total. The number of aryl methyl sites for hydroxylation is 1. The predicted octanol–water partition coefficient (Wildman–Crippen LogP) is 4.25. The van der Waals surface area contributed by atoms with Gasteiger partial charge in [-0.25, -0.2) is 4.98 Å². The lowest BCUT2D eigenvalue weighted by Crippen LogP contribution is -2.24. The summed E-state index contributed by atoms with van der Waals surface area (Å²) in [4.78, 5) is 30.1. The van der Waals surface area contributed by atoms with Crippen LogP contribution in [0.2, 0.25) is 0 Å². The molecule has 1 aromatic heterocycles. The van der Waals surface area contributed by atoms with Gasteiger partial charge in [0.2, 0.25) is 0 Å². The van der Waals surface area contributed by atoms with E-state index in [0.717, 1.165) is 5.56 Å². The summed E-state index contributed by atoms with van der Waals surface area (Å²) in [6, 6.07) is 14.8. The van der Waals surface area contributed by atoms with Gasteiger partial charge >= 0.3 is 0 Å². The largest absolute Gasteiger partial charge is 0.293 e. The number of nitrogens with zero attached hydrogens (tertiary/aromatic N) is 2. The van der Waals surface area contributed by atoms with Crippen molar-refractivity contribution in [2.24, 2.45) is 0 Å². The van der Waals surface area contributed by atoms with Gasteiger partial charge in [0.1, 0.15) is 0 Å². The Balaban J connectivity index is 1.97. The van der Waals surface area contributed by atoms with E-state index in [1.165, 1.54) is 11.8 Å². The van der Waals surface area contributed by atoms with Gasteiger partial charge in [0.05, 0.1) is 16.2 Å². The Morgan fingerprint density at radius 1 is 1.23 bits per heavy atom.